The minimum absolute atomic E-state index is 0.0308. The summed E-state index contributed by atoms with van der Waals surface area (Å²) in [7, 11) is 0. The Morgan fingerprint density at radius 3 is 3.14 bits per heavy atom. The molecular formula is C15H15N5OS. The maximum atomic E-state index is 12.7. The van der Waals surface area contributed by atoms with Gasteiger partial charge in [0.05, 0.1) is 29.6 Å². The van der Waals surface area contributed by atoms with E-state index in [1.807, 2.05) is 23.2 Å². The molecule has 1 atom stereocenters. The second kappa shape index (κ2) is 5.49. The van der Waals surface area contributed by atoms with Gasteiger partial charge in [0.1, 0.15) is 4.88 Å². The Morgan fingerprint density at radius 2 is 2.27 bits per heavy atom. The van der Waals surface area contributed by atoms with Crippen molar-refractivity contribution in [2.75, 3.05) is 6.54 Å². The number of amides is 1. The molecule has 0 aromatic carbocycles. The Labute approximate surface area is 131 Å². The number of hydrogen-bond donors (Lipinski definition) is 0. The van der Waals surface area contributed by atoms with E-state index in [-0.39, 0.29) is 11.9 Å². The van der Waals surface area contributed by atoms with E-state index in [1.165, 1.54) is 11.3 Å². The molecule has 1 saturated heterocycles. The van der Waals surface area contributed by atoms with Gasteiger partial charge in [-0.05, 0) is 25.3 Å². The monoisotopic (exact) mass is 313 g/mol. The molecule has 4 rings (SSSR count). The largest absolute Gasteiger partial charge is 0.329 e. The van der Waals surface area contributed by atoms with Gasteiger partial charge in [0.2, 0.25) is 0 Å². The Hall–Kier alpha value is -2.28. The summed E-state index contributed by atoms with van der Waals surface area (Å²) < 4.78 is 1.74. The molecule has 6 nitrogen and oxygen atoms in total. The quantitative estimate of drug-likeness (QED) is 0.729. The number of aromatic nitrogens is 4. The van der Waals surface area contributed by atoms with Crippen LogP contribution in [-0.4, -0.2) is 36.9 Å². The van der Waals surface area contributed by atoms with E-state index in [9.17, 15) is 4.79 Å². The zero-order valence-electron chi connectivity index (χ0n) is 11.9. The zero-order valence-corrected chi connectivity index (χ0v) is 12.7. The van der Waals surface area contributed by atoms with Gasteiger partial charge in [-0.15, -0.1) is 11.3 Å². The van der Waals surface area contributed by atoms with Crippen molar-refractivity contribution < 1.29 is 4.79 Å². The van der Waals surface area contributed by atoms with E-state index in [0.29, 0.717) is 4.88 Å². The van der Waals surface area contributed by atoms with Gasteiger partial charge < -0.3 is 4.90 Å². The summed E-state index contributed by atoms with van der Waals surface area (Å²) >= 11 is 1.39. The molecular weight excluding hydrogens is 298 g/mol. The second-order valence-corrected chi connectivity index (χ2v) is 6.25. The van der Waals surface area contributed by atoms with Gasteiger partial charge in [-0.1, -0.05) is 0 Å². The molecule has 22 heavy (non-hydrogen) atoms. The first-order valence-electron chi connectivity index (χ1n) is 7.33. The lowest BCUT2D eigenvalue weighted by molar-refractivity contribution is 0.0611. The number of thiazole rings is 1. The van der Waals surface area contributed by atoms with Crippen molar-refractivity contribution >= 4 is 22.9 Å². The summed E-state index contributed by atoms with van der Waals surface area (Å²) in [6, 6.07) is 3.87. The third-order valence-electron chi connectivity index (χ3n) is 4.03. The normalized spacial score (nSPS) is 18.7. The van der Waals surface area contributed by atoms with E-state index >= 15 is 0 Å². The van der Waals surface area contributed by atoms with Gasteiger partial charge >= 0.3 is 0 Å². The minimum atomic E-state index is 0.0308. The fourth-order valence-electron chi connectivity index (χ4n) is 2.96. The van der Waals surface area contributed by atoms with Gasteiger partial charge in [0.15, 0.2) is 5.65 Å². The third kappa shape index (κ3) is 2.27. The summed E-state index contributed by atoms with van der Waals surface area (Å²) in [6.45, 7) is 0.771. The highest BCUT2D eigenvalue weighted by molar-refractivity contribution is 7.11. The van der Waals surface area contributed by atoms with Gasteiger partial charge in [-0.3, -0.25) is 9.78 Å². The van der Waals surface area contributed by atoms with Crippen LogP contribution in [0.2, 0.25) is 0 Å². The number of piperidine rings is 1. The Bertz CT molecular complexity index is 797. The van der Waals surface area contributed by atoms with Crippen molar-refractivity contribution in [1.29, 1.82) is 0 Å². The fourth-order valence-corrected chi connectivity index (χ4v) is 3.53. The number of carbonyl (C=O) groups is 1. The molecule has 1 amide bonds. The molecule has 7 heteroatoms. The predicted molar refractivity (Wildman–Crippen MR) is 82.7 cm³/mol. The van der Waals surface area contributed by atoms with Gasteiger partial charge in [0.25, 0.3) is 5.91 Å². The third-order valence-corrected chi connectivity index (χ3v) is 4.79. The summed E-state index contributed by atoms with van der Waals surface area (Å²) in [4.78, 5) is 24.0. The molecule has 3 aromatic rings. The molecule has 0 saturated carbocycles. The van der Waals surface area contributed by atoms with Crippen molar-refractivity contribution in [3.8, 4) is 0 Å². The number of nitrogens with zero attached hydrogens (tertiary/aromatic N) is 5. The first kappa shape index (κ1) is 13.4. The molecule has 3 aromatic heterocycles. The number of likely N-dealkylation sites (tertiary alicyclic amines) is 1. The van der Waals surface area contributed by atoms with E-state index in [4.69, 9.17) is 0 Å². The maximum Gasteiger partial charge on any atom is 0.266 e. The van der Waals surface area contributed by atoms with Crippen LogP contribution < -0.4 is 0 Å². The molecule has 0 bridgehead atoms. The summed E-state index contributed by atoms with van der Waals surface area (Å²) in [6.07, 6.45) is 8.38. The van der Waals surface area contributed by atoms with Crippen LogP contribution in [0.25, 0.3) is 5.65 Å². The number of fused-ring (bicyclic) bond motifs is 1. The molecule has 4 heterocycles. The van der Waals surface area contributed by atoms with Crippen LogP contribution in [-0.2, 0) is 0 Å². The predicted octanol–water partition coefficient (Wildman–Crippen LogP) is 2.55. The van der Waals surface area contributed by atoms with Crippen LogP contribution in [0.3, 0.4) is 0 Å². The van der Waals surface area contributed by atoms with Crippen LogP contribution in [0.1, 0.15) is 40.7 Å². The summed E-state index contributed by atoms with van der Waals surface area (Å²) in [5.41, 5.74) is 3.45. The molecule has 1 fully saturated rings. The smallest absolute Gasteiger partial charge is 0.266 e. The van der Waals surface area contributed by atoms with Gasteiger partial charge in [0, 0.05) is 18.8 Å². The van der Waals surface area contributed by atoms with Crippen molar-refractivity contribution in [2.24, 2.45) is 0 Å². The van der Waals surface area contributed by atoms with Crippen molar-refractivity contribution in [2.45, 2.75) is 25.3 Å². The SMILES string of the molecule is O=C(c1cncs1)N1CCCC[C@H]1c1ccn2nccc2n1. The maximum absolute atomic E-state index is 12.7. The zero-order chi connectivity index (χ0) is 14.9. The molecule has 0 unspecified atom stereocenters. The molecule has 0 aliphatic carbocycles. The number of rotatable bonds is 2. The Morgan fingerprint density at radius 1 is 1.32 bits per heavy atom. The average Bonchev–Trinajstić information content (AvgIpc) is 3.24. The van der Waals surface area contributed by atoms with Crippen molar-refractivity contribution in [3.63, 3.8) is 0 Å². The highest BCUT2D eigenvalue weighted by atomic mass is 32.1. The molecule has 0 N–H and O–H groups in total. The standard InChI is InChI=1S/C15H15N5OS/c21-15(13-9-16-10-22-13)19-7-2-1-3-12(19)11-5-8-20-14(18-11)4-6-17-20/h4-6,8-10,12H,1-3,7H2/t12-/m0/s1. The Kier molecular flexibility index (Phi) is 3.34. The van der Waals surface area contributed by atoms with Crippen LogP contribution in [0.4, 0.5) is 0 Å². The lowest BCUT2D eigenvalue weighted by atomic mass is 9.99. The van der Waals surface area contributed by atoms with Crippen molar-refractivity contribution in [1.82, 2.24) is 24.5 Å². The Balaban J connectivity index is 1.69. The van der Waals surface area contributed by atoms with Crippen LogP contribution in [0.15, 0.2) is 36.2 Å². The molecule has 1 aliphatic rings. The highest BCUT2D eigenvalue weighted by Gasteiger charge is 2.30. The lowest BCUT2D eigenvalue weighted by Crippen LogP contribution is -2.38. The molecule has 0 radical (unpaired) electrons. The van der Waals surface area contributed by atoms with Gasteiger partial charge in [-0.25, -0.2) is 9.50 Å². The number of carbonyl (C=O) groups excluding carboxylic acids is 1. The van der Waals surface area contributed by atoms with E-state index in [2.05, 4.69) is 15.1 Å². The second-order valence-electron chi connectivity index (χ2n) is 5.36. The van der Waals surface area contributed by atoms with Crippen molar-refractivity contribution in [3.05, 3.63) is 46.8 Å². The molecule has 112 valence electrons. The summed E-state index contributed by atoms with van der Waals surface area (Å²) in [5, 5.41) is 4.17. The fraction of sp³-hybridized carbons (Fsp3) is 0.333. The first-order chi connectivity index (χ1) is 10.8. The van der Waals surface area contributed by atoms with E-state index in [1.54, 1.807) is 22.4 Å². The highest BCUT2D eigenvalue weighted by Crippen LogP contribution is 2.31. The molecule has 1 aliphatic heterocycles. The summed E-state index contributed by atoms with van der Waals surface area (Å²) in [5.74, 6) is 0.0578. The van der Waals surface area contributed by atoms with Gasteiger partial charge in [-0.2, -0.15) is 5.10 Å². The first-order valence-corrected chi connectivity index (χ1v) is 8.20. The molecule has 0 spiro atoms. The average molecular weight is 313 g/mol. The minimum Gasteiger partial charge on any atom is -0.329 e. The van der Waals surface area contributed by atoms with Crippen LogP contribution in [0, 0.1) is 0 Å². The van der Waals surface area contributed by atoms with E-state index < -0.39 is 0 Å². The van der Waals surface area contributed by atoms with E-state index in [0.717, 1.165) is 37.1 Å². The van der Waals surface area contributed by atoms with Crippen LogP contribution >= 0.6 is 11.3 Å². The number of hydrogen-bond acceptors (Lipinski definition) is 5. The topological polar surface area (TPSA) is 63.4 Å². The van der Waals surface area contributed by atoms with Crippen LogP contribution in [0.5, 0.6) is 0 Å². The lowest BCUT2D eigenvalue weighted by Gasteiger charge is -2.35.